The van der Waals surface area contributed by atoms with E-state index in [0.717, 1.165) is 51.6 Å². The first-order chi connectivity index (χ1) is 28.4. The van der Waals surface area contributed by atoms with Gasteiger partial charge in [0.05, 0.1) is 35.8 Å². The van der Waals surface area contributed by atoms with Gasteiger partial charge in [-0.1, -0.05) is 103 Å². The number of aromatic nitrogens is 4. The van der Waals surface area contributed by atoms with Crippen molar-refractivity contribution in [3.63, 3.8) is 0 Å². The highest BCUT2D eigenvalue weighted by molar-refractivity contribution is 6.76. The molecule has 6 rings (SSSR count). The summed E-state index contributed by atoms with van der Waals surface area (Å²) in [5.74, 6) is 0.831. The Hall–Kier alpha value is -3.67. The van der Waals surface area contributed by atoms with E-state index in [1.807, 2.05) is 60.8 Å². The largest absolute Gasteiger partial charge is 0.444 e. The zero-order chi connectivity index (χ0) is 44.5. The van der Waals surface area contributed by atoms with Crippen LogP contribution >= 0.6 is 0 Å². The smallest absolute Gasteiger partial charge is 0.411 e. The zero-order valence-electron chi connectivity index (χ0n) is 39.5. The molecule has 1 amide bonds. The van der Waals surface area contributed by atoms with Gasteiger partial charge in [-0.3, -0.25) is 9.88 Å². The van der Waals surface area contributed by atoms with Crippen LogP contribution in [-0.4, -0.2) is 106 Å². The second-order valence-electron chi connectivity index (χ2n) is 21.9. The van der Waals surface area contributed by atoms with Crippen LogP contribution in [0.1, 0.15) is 60.1 Å². The normalized spacial score (nSPS) is 18.8. The second kappa shape index (κ2) is 18.2. The summed E-state index contributed by atoms with van der Waals surface area (Å²) in [7, 11) is -4.82. The maximum absolute atomic E-state index is 14.0. The Labute approximate surface area is 368 Å². The lowest BCUT2D eigenvalue weighted by atomic mass is 9.97. The topological polar surface area (TPSA) is 104 Å². The fourth-order valence-corrected chi connectivity index (χ4v) is 10.3. The molecule has 61 heavy (non-hydrogen) atoms. The molecule has 5 heterocycles. The molecule has 2 aliphatic rings. The van der Waals surface area contributed by atoms with Gasteiger partial charge in [0.2, 0.25) is 0 Å². The Morgan fingerprint density at radius 1 is 0.820 bits per heavy atom. The van der Waals surface area contributed by atoms with Gasteiger partial charge in [0.25, 0.3) is 0 Å². The molecule has 14 heteroatoms. The van der Waals surface area contributed by atoms with Gasteiger partial charge in [0.1, 0.15) is 24.9 Å². The molecule has 3 unspecified atom stereocenters. The first-order valence-corrected chi connectivity index (χ1v) is 32.4. The molecule has 2 aliphatic heterocycles. The van der Waals surface area contributed by atoms with E-state index in [-0.39, 0.29) is 29.3 Å². The lowest BCUT2D eigenvalue weighted by molar-refractivity contribution is 0.0119. The number of benzene rings is 1. The van der Waals surface area contributed by atoms with Crippen molar-refractivity contribution in [1.82, 2.24) is 24.5 Å². The molecule has 4 aromatic rings. The average Bonchev–Trinajstić information content (AvgIpc) is 3.67. The lowest BCUT2D eigenvalue weighted by Crippen LogP contribution is -2.50. The summed E-state index contributed by atoms with van der Waals surface area (Å²) in [6, 6.07) is 18.2. The van der Waals surface area contributed by atoms with Gasteiger partial charge in [0, 0.05) is 58.3 Å². The third-order valence-corrected chi connectivity index (χ3v) is 19.9. The van der Waals surface area contributed by atoms with Crippen LogP contribution in [0.3, 0.4) is 0 Å². The first-order valence-electron chi connectivity index (χ1n) is 22.1. The van der Waals surface area contributed by atoms with Crippen molar-refractivity contribution in [2.45, 2.75) is 148 Å². The van der Waals surface area contributed by atoms with Crippen LogP contribution < -0.4 is 4.90 Å². The predicted molar refractivity (Wildman–Crippen MR) is 257 cm³/mol. The monoisotopic (exact) mass is 884 g/mol. The number of rotatable bonds is 16. The highest BCUT2D eigenvalue weighted by Gasteiger charge is 2.51. The SMILES string of the molecule is CC(C)(C)OC(=O)N1C2C=C(c3cc(N(COCC[Si](C)(C)C)COCC[Si](C)(C)C)n4ncc(-c5ccc(-c6ccccc6)nc5)c4n3)CC1C(O[Si](C)(C)C(C)(C)C)C2. The fourth-order valence-electron chi connectivity index (χ4n) is 7.44. The highest BCUT2D eigenvalue weighted by atomic mass is 28.4. The van der Waals surface area contributed by atoms with Gasteiger partial charge in [-0.25, -0.2) is 9.78 Å². The Bertz CT molecular complexity index is 2130. The van der Waals surface area contributed by atoms with E-state index < -0.39 is 30.1 Å². The van der Waals surface area contributed by atoms with Crippen molar-refractivity contribution in [2.24, 2.45) is 0 Å². The van der Waals surface area contributed by atoms with Crippen LogP contribution in [0.25, 0.3) is 33.6 Å². The maximum Gasteiger partial charge on any atom is 0.411 e. The van der Waals surface area contributed by atoms with E-state index in [1.54, 1.807) is 0 Å². The molecule has 2 bridgehead atoms. The number of carbonyl (C=O) groups excluding carboxylic acids is 1. The number of nitrogens with zero attached hydrogens (tertiary/aromatic N) is 6. The number of hydrogen-bond donors (Lipinski definition) is 0. The van der Waals surface area contributed by atoms with Crippen molar-refractivity contribution in [3.05, 3.63) is 72.7 Å². The standard InChI is InChI=1S/C47H72N6O5Si3/c1-46(2,3)57-45(54)52-37-26-36(27-41(52)42(28-37)58-61(13,14)47(4,5)6)40-29-43(51(32-55-22-24-59(7,8)9)33-56-23-25-60(10,11)12)53-44(50-40)38(31-49-53)35-20-21-39(48-30-35)34-18-16-15-17-19-34/h15-21,26,29-31,37,41-42H,22-25,27-28,32-33H2,1-14H3. The van der Waals surface area contributed by atoms with Crippen molar-refractivity contribution < 1.29 is 23.4 Å². The van der Waals surface area contributed by atoms with Crippen molar-refractivity contribution in [2.75, 3.05) is 31.6 Å². The van der Waals surface area contributed by atoms with Crippen molar-refractivity contribution >= 4 is 47.6 Å². The fraction of sp³-hybridized carbons (Fsp3) is 0.574. The van der Waals surface area contributed by atoms with Crippen molar-refractivity contribution in [1.29, 1.82) is 0 Å². The van der Waals surface area contributed by atoms with E-state index in [2.05, 4.69) is 114 Å². The predicted octanol–water partition coefficient (Wildman–Crippen LogP) is 11.4. The molecule has 3 atom stereocenters. The number of amides is 1. The van der Waals surface area contributed by atoms with E-state index in [4.69, 9.17) is 33.7 Å². The molecule has 3 aromatic heterocycles. The third-order valence-electron chi connectivity index (χ3n) is 12.0. The van der Waals surface area contributed by atoms with Crippen LogP contribution in [-0.2, 0) is 18.6 Å². The summed E-state index contributed by atoms with van der Waals surface area (Å²) in [5.41, 5.74) is 5.76. The number of hydrogen-bond acceptors (Lipinski definition) is 9. The lowest BCUT2D eigenvalue weighted by Gasteiger charge is -2.41. The van der Waals surface area contributed by atoms with E-state index in [9.17, 15) is 4.79 Å². The molecule has 0 N–H and O–H groups in total. The maximum atomic E-state index is 14.0. The summed E-state index contributed by atoms with van der Waals surface area (Å²) >= 11 is 0. The highest BCUT2D eigenvalue weighted by Crippen LogP contribution is 2.45. The molecule has 0 saturated carbocycles. The van der Waals surface area contributed by atoms with Gasteiger partial charge in [0.15, 0.2) is 14.0 Å². The molecule has 332 valence electrons. The molecule has 0 aliphatic carbocycles. The van der Waals surface area contributed by atoms with E-state index in [0.29, 0.717) is 45.2 Å². The Morgan fingerprint density at radius 3 is 2.02 bits per heavy atom. The molecule has 1 aromatic carbocycles. The van der Waals surface area contributed by atoms with Gasteiger partial charge < -0.3 is 23.5 Å². The molecule has 1 fully saturated rings. The summed E-state index contributed by atoms with van der Waals surface area (Å²) in [4.78, 5) is 28.3. The molecule has 0 radical (unpaired) electrons. The van der Waals surface area contributed by atoms with Crippen LogP contribution in [0.5, 0.6) is 0 Å². The van der Waals surface area contributed by atoms with Gasteiger partial charge in [-0.05, 0) is 75.5 Å². The second-order valence-corrected chi connectivity index (χ2v) is 37.9. The quantitative estimate of drug-likeness (QED) is 0.0618. The van der Waals surface area contributed by atoms with Gasteiger partial charge in [-0.2, -0.15) is 9.61 Å². The Kier molecular flexibility index (Phi) is 14.0. The first kappa shape index (κ1) is 46.8. The number of ether oxygens (including phenoxy) is 3. The molecular weight excluding hydrogens is 813 g/mol. The minimum atomic E-state index is -2.18. The Morgan fingerprint density at radius 2 is 1.46 bits per heavy atom. The molecule has 11 nitrogen and oxygen atoms in total. The van der Waals surface area contributed by atoms with Crippen LogP contribution in [0.4, 0.5) is 10.6 Å². The summed E-state index contributed by atoms with van der Waals surface area (Å²) in [6.07, 6.45) is 6.87. The number of pyridine rings is 1. The van der Waals surface area contributed by atoms with Gasteiger partial charge >= 0.3 is 6.09 Å². The Balaban J connectivity index is 1.44. The molecule has 1 saturated heterocycles. The third kappa shape index (κ3) is 11.9. The van der Waals surface area contributed by atoms with Crippen molar-refractivity contribution in [3.8, 4) is 22.4 Å². The summed E-state index contributed by atoms with van der Waals surface area (Å²) < 4.78 is 28.0. The minimum Gasteiger partial charge on any atom is -0.444 e. The minimum absolute atomic E-state index is 0.0164. The average molecular weight is 885 g/mol. The molecular formula is C47H72N6O5Si3. The van der Waals surface area contributed by atoms with E-state index >= 15 is 0 Å². The molecule has 0 spiro atoms. The number of anilines is 1. The van der Waals surface area contributed by atoms with E-state index in [1.165, 1.54) is 0 Å². The van der Waals surface area contributed by atoms with Crippen LogP contribution in [0.15, 0.2) is 67.0 Å². The van der Waals surface area contributed by atoms with Crippen LogP contribution in [0.2, 0.25) is 69.5 Å². The van der Waals surface area contributed by atoms with Gasteiger partial charge in [-0.15, -0.1) is 0 Å². The number of fused-ring (bicyclic) bond motifs is 3. The van der Waals surface area contributed by atoms with Crippen LogP contribution in [0, 0.1) is 0 Å². The summed E-state index contributed by atoms with van der Waals surface area (Å²) in [5, 5.41) is 5.00. The number of carbonyl (C=O) groups is 1. The zero-order valence-corrected chi connectivity index (χ0v) is 42.5. The summed E-state index contributed by atoms with van der Waals surface area (Å²) in [6.45, 7) is 33.4.